The van der Waals surface area contributed by atoms with Crippen LogP contribution < -0.4 is 9.64 Å². The van der Waals surface area contributed by atoms with Crippen LogP contribution in [0, 0.1) is 11.3 Å². The van der Waals surface area contributed by atoms with Gasteiger partial charge >= 0.3 is 5.97 Å². The molecule has 0 aliphatic carbocycles. The summed E-state index contributed by atoms with van der Waals surface area (Å²) in [6.07, 6.45) is 0. The molecule has 0 spiro atoms. The van der Waals surface area contributed by atoms with E-state index >= 15 is 0 Å². The van der Waals surface area contributed by atoms with Crippen molar-refractivity contribution in [3.05, 3.63) is 65.7 Å². The maximum absolute atomic E-state index is 13.0. The number of carbonyl (C=O) groups excluding carboxylic acids is 2. The second-order valence-electron chi connectivity index (χ2n) is 5.79. The van der Waals surface area contributed by atoms with E-state index in [1.165, 1.54) is 4.90 Å². The topological polar surface area (TPSA) is 79.6 Å². The average Bonchev–Trinajstić information content (AvgIpc) is 3.01. The smallest absolute Gasteiger partial charge is 0.334 e. The summed E-state index contributed by atoms with van der Waals surface area (Å²) < 4.78 is 10.4. The van der Waals surface area contributed by atoms with E-state index in [9.17, 15) is 14.9 Å². The minimum atomic E-state index is -1.03. The number of carbonyl (C=O) groups is 2. The Morgan fingerprint density at radius 3 is 2.37 bits per heavy atom. The minimum absolute atomic E-state index is 0.0601. The second kappa shape index (κ2) is 7.75. The molecule has 1 amide bonds. The number of esters is 1. The fourth-order valence-corrected chi connectivity index (χ4v) is 3.10. The highest BCUT2D eigenvalue weighted by molar-refractivity contribution is 6.24. The molecule has 0 radical (unpaired) electrons. The Labute approximate surface area is 157 Å². The van der Waals surface area contributed by atoms with Crippen LogP contribution in [-0.4, -0.2) is 31.6 Å². The molecule has 1 heterocycles. The van der Waals surface area contributed by atoms with Gasteiger partial charge in [-0.15, -0.1) is 0 Å². The van der Waals surface area contributed by atoms with Crippen molar-refractivity contribution in [1.82, 2.24) is 0 Å². The van der Waals surface area contributed by atoms with E-state index in [2.05, 4.69) is 0 Å². The van der Waals surface area contributed by atoms with Crippen LogP contribution in [0.1, 0.15) is 12.5 Å². The summed E-state index contributed by atoms with van der Waals surface area (Å²) in [5.41, 5.74) is 1.42. The summed E-state index contributed by atoms with van der Waals surface area (Å²) in [6.45, 7) is 1.87. The molecule has 2 aromatic carbocycles. The number of amides is 1. The maximum Gasteiger partial charge on any atom is 0.334 e. The first kappa shape index (κ1) is 18.2. The van der Waals surface area contributed by atoms with E-state index in [-0.39, 0.29) is 12.2 Å². The van der Waals surface area contributed by atoms with Crippen LogP contribution in [0.15, 0.2) is 60.2 Å². The van der Waals surface area contributed by atoms with Crippen LogP contribution in [0.5, 0.6) is 5.75 Å². The molecular formula is C21H18N2O4. The maximum atomic E-state index is 13.0. The lowest BCUT2D eigenvalue weighted by molar-refractivity contribution is -0.143. The zero-order valence-corrected chi connectivity index (χ0v) is 15.0. The number of methoxy groups -OCH3 is 1. The molecule has 136 valence electrons. The van der Waals surface area contributed by atoms with Crippen molar-refractivity contribution in [2.75, 3.05) is 18.6 Å². The van der Waals surface area contributed by atoms with Gasteiger partial charge in [-0.3, -0.25) is 9.69 Å². The highest BCUT2D eigenvalue weighted by atomic mass is 16.5. The zero-order valence-electron chi connectivity index (χ0n) is 15.0. The molecule has 0 fully saturated rings. The molecule has 1 atom stereocenters. The fraction of sp³-hybridized carbons (Fsp3) is 0.190. The summed E-state index contributed by atoms with van der Waals surface area (Å²) in [7, 11) is 1.54. The first-order chi connectivity index (χ1) is 13.1. The molecule has 6 nitrogen and oxygen atoms in total. The van der Waals surface area contributed by atoms with Crippen molar-refractivity contribution in [2.45, 2.75) is 13.0 Å². The van der Waals surface area contributed by atoms with E-state index in [0.29, 0.717) is 22.6 Å². The molecule has 0 N–H and O–H groups in total. The van der Waals surface area contributed by atoms with Crippen molar-refractivity contribution in [3.63, 3.8) is 0 Å². The monoisotopic (exact) mass is 362 g/mol. The third kappa shape index (κ3) is 3.27. The van der Waals surface area contributed by atoms with E-state index in [1.54, 1.807) is 62.6 Å². The number of hydrogen-bond acceptors (Lipinski definition) is 5. The predicted octanol–water partition coefficient (Wildman–Crippen LogP) is 2.95. The third-order valence-electron chi connectivity index (χ3n) is 4.29. The molecule has 27 heavy (non-hydrogen) atoms. The molecule has 1 unspecified atom stereocenters. The molecule has 6 heteroatoms. The Morgan fingerprint density at radius 1 is 1.15 bits per heavy atom. The van der Waals surface area contributed by atoms with Crippen molar-refractivity contribution < 1.29 is 19.1 Å². The quantitative estimate of drug-likeness (QED) is 0.764. The summed E-state index contributed by atoms with van der Waals surface area (Å²) in [6, 6.07) is 16.6. The normalized spacial score (nSPS) is 16.3. The van der Waals surface area contributed by atoms with Gasteiger partial charge in [-0.2, -0.15) is 5.26 Å². The summed E-state index contributed by atoms with van der Waals surface area (Å²) in [4.78, 5) is 27.1. The lowest BCUT2D eigenvalue weighted by atomic mass is 9.96. The van der Waals surface area contributed by atoms with Crippen LogP contribution in [0.2, 0.25) is 0 Å². The van der Waals surface area contributed by atoms with Gasteiger partial charge in [-0.05, 0) is 36.8 Å². The summed E-state index contributed by atoms with van der Waals surface area (Å²) in [5, 5.41) is 9.62. The third-order valence-corrected chi connectivity index (χ3v) is 4.29. The Kier molecular flexibility index (Phi) is 5.23. The minimum Gasteiger partial charge on any atom is -0.497 e. The Hall–Kier alpha value is -3.59. The van der Waals surface area contributed by atoms with Crippen LogP contribution in [0.25, 0.3) is 5.57 Å². The molecule has 0 aromatic heterocycles. The van der Waals surface area contributed by atoms with Crippen LogP contribution in [0.4, 0.5) is 5.69 Å². The molecular weight excluding hydrogens is 344 g/mol. The average molecular weight is 362 g/mol. The van der Waals surface area contributed by atoms with Crippen molar-refractivity contribution in [2.24, 2.45) is 0 Å². The van der Waals surface area contributed by atoms with Gasteiger partial charge in [0.1, 0.15) is 17.4 Å². The van der Waals surface area contributed by atoms with Gasteiger partial charge in [0.15, 0.2) is 6.04 Å². The predicted molar refractivity (Wildman–Crippen MR) is 99.9 cm³/mol. The number of nitriles is 1. The van der Waals surface area contributed by atoms with Gasteiger partial charge in [0.2, 0.25) is 0 Å². The zero-order chi connectivity index (χ0) is 19.4. The Balaban J connectivity index is 2.15. The number of ether oxygens (including phenoxy) is 2. The van der Waals surface area contributed by atoms with E-state index < -0.39 is 17.9 Å². The molecule has 2 aromatic rings. The number of benzene rings is 2. The molecule has 1 aliphatic heterocycles. The van der Waals surface area contributed by atoms with Crippen molar-refractivity contribution in [1.29, 1.82) is 5.26 Å². The number of hydrogen-bond donors (Lipinski definition) is 0. The van der Waals surface area contributed by atoms with E-state index in [1.807, 2.05) is 12.1 Å². The first-order valence-electron chi connectivity index (χ1n) is 8.46. The van der Waals surface area contributed by atoms with Gasteiger partial charge in [-0.25, -0.2) is 4.79 Å². The van der Waals surface area contributed by atoms with E-state index in [4.69, 9.17) is 9.47 Å². The van der Waals surface area contributed by atoms with Gasteiger partial charge in [-0.1, -0.05) is 30.3 Å². The standard InChI is InChI=1S/C21H18N2O4/c1-3-27-21(25)19-18(14-7-5-4-6-8-14)17(13-22)20(24)23(19)15-9-11-16(26-2)12-10-15/h4-12,19H,3H2,1-2H3. The molecule has 0 bridgehead atoms. The Bertz CT molecular complexity index is 927. The Morgan fingerprint density at radius 2 is 1.81 bits per heavy atom. The summed E-state index contributed by atoms with van der Waals surface area (Å²) in [5.74, 6) is -0.486. The van der Waals surface area contributed by atoms with Crippen molar-refractivity contribution in [3.8, 4) is 11.8 Å². The number of rotatable bonds is 5. The van der Waals surface area contributed by atoms with Gasteiger partial charge < -0.3 is 9.47 Å². The number of nitrogens with zero attached hydrogens (tertiary/aromatic N) is 2. The van der Waals surface area contributed by atoms with E-state index in [0.717, 1.165) is 0 Å². The molecule has 3 rings (SSSR count). The fourth-order valence-electron chi connectivity index (χ4n) is 3.10. The highest BCUT2D eigenvalue weighted by Crippen LogP contribution is 2.38. The van der Waals surface area contributed by atoms with Gasteiger partial charge in [0, 0.05) is 11.3 Å². The van der Waals surface area contributed by atoms with Crippen LogP contribution in [0.3, 0.4) is 0 Å². The van der Waals surface area contributed by atoms with Crippen LogP contribution in [-0.2, 0) is 14.3 Å². The van der Waals surface area contributed by atoms with Crippen molar-refractivity contribution >= 4 is 23.1 Å². The molecule has 1 aliphatic rings. The lowest BCUT2D eigenvalue weighted by Crippen LogP contribution is -2.42. The SMILES string of the molecule is CCOC(=O)C1C(c2ccccc2)=C(C#N)C(=O)N1c1ccc(OC)cc1. The second-order valence-corrected chi connectivity index (χ2v) is 5.79. The van der Waals surface area contributed by atoms with Gasteiger partial charge in [0.05, 0.1) is 13.7 Å². The van der Waals surface area contributed by atoms with Gasteiger partial charge in [0.25, 0.3) is 5.91 Å². The summed E-state index contributed by atoms with van der Waals surface area (Å²) >= 11 is 0. The highest BCUT2D eigenvalue weighted by Gasteiger charge is 2.45. The van der Waals surface area contributed by atoms with Crippen LogP contribution >= 0.6 is 0 Å². The lowest BCUT2D eigenvalue weighted by Gasteiger charge is -2.25. The molecule has 0 saturated carbocycles. The largest absolute Gasteiger partial charge is 0.497 e. The first-order valence-corrected chi connectivity index (χ1v) is 8.46. The molecule has 0 saturated heterocycles. The number of anilines is 1.